The van der Waals surface area contributed by atoms with Crippen LogP contribution in [0.3, 0.4) is 0 Å². The lowest BCUT2D eigenvalue weighted by Gasteiger charge is -2.25. The van der Waals surface area contributed by atoms with Gasteiger partial charge >= 0.3 is 0 Å². The van der Waals surface area contributed by atoms with Crippen molar-refractivity contribution in [1.29, 1.82) is 0 Å². The molecular formula is C17H23ClN2S. The molecule has 0 amide bonds. The summed E-state index contributed by atoms with van der Waals surface area (Å²) in [6.45, 7) is 9.56. The predicted octanol–water partition coefficient (Wildman–Crippen LogP) is 4.82. The summed E-state index contributed by atoms with van der Waals surface area (Å²) >= 11 is 7.93. The van der Waals surface area contributed by atoms with E-state index in [1.807, 2.05) is 18.3 Å². The van der Waals surface area contributed by atoms with Crippen LogP contribution in [0.2, 0.25) is 5.02 Å². The SMILES string of the molecule is Cc1ncc(CC(CNC(C)(C)C)c2cccc(Cl)c2)s1. The van der Waals surface area contributed by atoms with Gasteiger partial charge in [-0.1, -0.05) is 23.7 Å². The van der Waals surface area contributed by atoms with Gasteiger partial charge in [0.2, 0.25) is 0 Å². The first-order valence-electron chi connectivity index (χ1n) is 7.25. The molecule has 1 aromatic carbocycles. The van der Waals surface area contributed by atoms with Crippen molar-refractivity contribution in [1.82, 2.24) is 10.3 Å². The van der Waals surface area contributed by atoms with E-state index in [1.54, 1.807) is 11.3 Å². The zero-order valence-corrected chi connectivity index (χ0v) is 14.7. The monoisotopic (exact) mass is 322 g/mol. The van der Waals surface area contributed by atoms with E-state index in [-0.39, 0.29) is 5.54 Å². The summed E-state index contributed by atoms with van der Waals surface area (Å²) < 4.78 is 0. The first-order chi connectivity index (χ1) is 9.83. The van der Waals surface area contributed by atoms with Crippen molar-refractivity contribution < 1.29 is 0 Å². The molecule has 0 saturated carbocycles. The average molecular weight is 323 g/mol. The van der Waals surface area contributed by atoms with E-state index in [0.717, 1.165) is 23.0 Å². The number of aryl methyl sites for hydroxylation is 1. The summed E-state index contributed by atoms with van der Waals surface area (Å²) in [6, 6.07) is 8.19. The van der Waals surface area contributed by atoms with Gasteiger partial charge in [-0.3, -0.25) is 0 Å². The zero-order valence-electron chi connectivity index (χ0n) is 13.1. The lowest BCUT2D eigenvalue weighted by molar-refractivity contribution is 0.405. The van der Waals surface area contributed by atoms with Gasteiger partial charge < -0.3 is 5.32 Å². The topological polar surface area (TPSA) is 24.9 Å². The Balaban J connectivity index is 2.17. The molecule has 4 heteroatoms. The van der Waals surface area contributed by atoms with Gasteiger partial charge in [-0.05, 0) is 51.8 Å². The summed E-state index contributed by atoms with van der Waals surface area (Å²) in [5, 5.41) is 5.53. The van der Waals surface area contributed by atoms with Crippen LogP contribution in [0.15, 0.2) is 30.5 Å². The number of hydrogen-bond donors (Lipinski definition) is 1. The highest BCUT2D eigenvalue weighted by Gasteiger charge is 2.17. The molecule has 0 aliphatic carbocycles. The molecule has 1 atom stereocenters. The molecular weight excluding hydrogens is 300 g/mol. The average Bonchev–Trinajstić information content (AvgIpc) is 2.79. The summed E-state index contributed by atoms with van der Waals surface area (Å²) in [7, 11) is 0. The van der Waals surface area contributed by atoms with E-state index < -0.39 is 0 Å². The smallest absolute Gasteiger partial charge is 0.0896 e. The Hall–Kier alpha value is -0.900. The lowest BCUT2D eigenvalue weighted by atomic mass is 9.94. The quantitative estimate of drug-likeness (QED) is 0.853. The summed E-state index contributed by atoms with van der Waals surface area (Å²) in [6.07, 6.45) is 2.99. The molecule has 2 nitrogen and oxygen atoms in total. The van der Waals surface area contributed by atoms with Gasteiger partial charge in [0.1, 0.15) is 0 Å². The van der Waals surface area contributed by atoms with Crippen molar-refractivity contribution in [3.05, 3.63) is 50.9 Å². The minimum absolute atomic E-state index is 0.112. The highest BCUT2D eigenvalue weighted by molar-refractivity contribution is 7.11. The van der Waals surface area contributed by atoms with Crippen LogP contribution in [0.1, 0.15) is 42.1 Å². The van der Waals surface area contributed by atoms with Crippen LogP contribution in [0, 0.1) is 6.92 Å². The molecule has 0 saturated heterocycles. The lowest BCUT2D eigenvalue weighted by Crippen LogP contribution is -2.39. The third-order valence-electron chi connectivity index (χ3n) is 3.32. The van der Waals surface area contributed by atoms with Crippen molar-refractivity contribution >= 4 is 22.9 Å². The molecule has 2 aromatic rings. The van der Waals surface area contributed by atoms with E-state index >= 15 is 0 Å². The Morgan fingerprint density at radius 3 is 2.67 bits per heavy atom. The Morgan fingerprint density at radius 2 is 2.10 bits per heavy atom. The maximum Gasteiger partial charge on any atom is 0.0896 e. The van der Waals surface area contributed by atoms with Crippen molar-refractivity contribution in [3.63, 3.8) is 0 Å². The molecule has 1 N–H and O–H groups in total. The molecule has 2 rings (SSSR count). The molecule has 1 aromatic heterocycles. The molecule has 0 bridgehead atoms. The first kappa shape index (κ1) is 16.5. The maximum atomic E-state index is 6.16. The first-order valence-corrected chi connectivity index (χ1v) is 8.45. The summed E-state index contributed by atoms with van der Waals surface area (Å²) in [5.41, 5.74) is 1.39. The van der Waals surface area contributed by atoms with Crippen molar-refractivity contribution in [2.45, 2.75) is 45.6 Å². The zero-order chi connectivity index (χ0) is 15.5. The molecule has 0 aliphatic heterocycles. The van der Waals surface area contributed by atoms with Gasteiger partial charge in [-0.25, -0.2) is 4.98 Å². The predicted molar refractivity (Wildman–Crippen MR) is 92.5 cm³/mol. The van der Waals surface area contributed by atoms with Crippen molar-refractivity contribution in [3.8, 4) is 0 Å². The Kier molecular flexibility index (Phi) is 5.42. The second-order valence-electron chi connectivity index (χ2n) is 6.43. The maximum absolute atomic E-state index is 6.16. The summed E-state index contributed by atoms with van der Waals surface area (Å²) in [5.74, 6) is 0.405. The van der Waals surface area contributed by atoms with Crippen LogP contribution >= 0.6 is 22.9 Å². The van der Waals surface area contributed by atoms with E-state index in [4.69, 9.17) is 11.6 Å². The second-order valence-corrected chi connectivity index (χ2v) is 8.19. The van der Waals surface area contributed by atoms with Crippen molar-refractivity contribution in [2.24, 2.45) is 0 Å². The van der Waals surface area contributed by atoms with E-state index in [0.29, 0.717) is 5.92 Å². The minimum atomic E-state index is 0.112. The molecule has 0 fully saturated rings. The Labute approximate surface area is 136 Å². The number of halogens is 1. The molecule has 0 aliphatic rings. The number of hydrogen-bond acceptors (Lipinski definition) is 3. The number of nitrogens with zero attached hydrogens (tertiary/aromatic N) is 1. The van der Waals surface area contributed by atoms with Gasteiger partial charge in [0.25, 0.3) is 0 Å². The number of benzene rings is 1. The normalized spacial score (nSPS) is 13.4. The number of rotatable bonds is 5. The van der Waals surface area contributed by atoms with Gasteiger partial charge in [0.15, 0.2) is 0 Å². The highest BCUT2D eigenvalue weighted by atomic mass is 35.5. The molecule has 114 valence electrons. The molecule has 1 heterocycles. The summed E-state index contributed by atoms with van der Waals surface area (Å²) in [4.78, 5) is 5.69. The highest BCUT2D eigenvalue weighted by Crippen LogP contribution is 2.26. The van der Waals surface area contributed by atoms with Crippen LogP contribution in [-0.4, -0.2) is 17.1 Å². The van der Waals surface area contributed by atoms with Gasteiger partial charge in [0.05, 0.1) is 5.01 Å². The van der Waals surface area contributed by atoms with Crippen LogP contribution in [0.4, 0.5) is 0 Å². The van der Waals surface area contributed by atoms with Gasteiger partial charge in [-0.15, -0.1) is 11.3 Å². The van der Waals surface area contributed by atoms with Crippen LogP contribution in [0.25, 0.3) is 0 Å². The molecule has 21 heavy (non-hydrogen) atoms. The van der Waals surface area contributed by atoms with Gasteiger partial charge in [-0.2, -0.15) is 0 Å². The molecule has 0 spiro atoms. The van der Waals surface area contributed by atoms with Crippen LogP contribution < -0.4 is 5.32 Å². The third kappa shape index (κ3) is 5.42. The molecule has 1 unspecified atom stereocenters. The Bertz CT molecular complexity index is 586. The fourth-order valence-electron chi connectivity index (χ4n) is 2.24. The molecule has 0 radical (unpaired) electrons. The standard InChI is InChI=1S/C17H23ClN2S/c1-12-19-11-16(21-12)9-14(10-20-17(2,3)4)13-6-5-7-15(18)8-13/h5-8,11,14,20H,9-10H2,1-4H3. The second kappa shape index (κ2) is 6.91. The third-order valence-corrected chi connectivity index (χ3v) is 4.49. The van der Waals surface area contributed by atoms with Gasteiger partial charge in [0, 0.05) is 34.1 Å². The largest absolute Gasteiger partial charge is 0.311 e. The van der Waals surface area contributed by atoms with Crippen LogP contribution in [0.5, 0.6) is 0 Å². The van der Waals surface area contributed by atoms with E-state index in [2.05, 4.69) is 50.1 Å². The number of nitrogens with one attached hydrogen (secondary N) is 1. The number of aromatic nitrogens is 1. The van der Waals surface area contributed by atoms with Crippen LogP contribution in [-0.2, 0) is 6.42 Å². The number of thiazole rings is 1. The van der Waals surface area contributed by atoms with Crippen molar-refractivity contribution in [2.75, 3.05) is 6.54 Å². The fourth-order valence-corrected chi connectivity index (χ4v) is 3.31. The fraction of sp³-hybridized carbons (Fsp3) is 0.471. The van der Waals surface area contributed by atoms with E-state index in [9.17, 15) is 0 Å². The minimum Gasteiger partial charge on any atom is -0.311 e. The Morgan fingerprint density at radius 1 is 1.33 bits per heavy atom. The van der Waals surface area contributed by atoms with E-state index in [1.165, 1.54) is 10.4 Å².